The van der Waals surface area contributed by atoms with Crippen LogP contribution in [0, 0.1) is 5.92 Å². The molecule has 0 aromatic heterocycles. The lowest BCUT2D eigenvalue weighted by molar-refractivity contribution is 0.455. The van der Waals surface area contributed by atoms with E-state index >= 15 is 0 Å². The number of hydrogen-bond donors (Lipinski definition) is 0. The molecule has 38 heavy (non-hydrogen) atoms. The zero-order valence-corrected chi connectivity index (χ0v) is 24.3. The molecule has 0 heterocycles. The van der Waals surface area contributed by atoms with Gasteiger partial charge in [-0.25, -0.2) is 0 Å². The zero-order valence-electron chi connectivity index (χ0n) is 23.4. The fraction of sp³-hybridized carbons (Fsp3) is 0.486. The molecule has 0 bridgehead atoms. The predicted molar refractivity (Wildman–Crippen MR) is 167 cm³/mol. The molecule has 3 saturated carbocycles. The van der Waals surface area contributed by atoms with Gasteiger partial charge in [0.05, 0.1) is 46.8 Å². The van der Waals surface area contributed by atoms with E-state index in [0.29, 0.717) is 0 Å². The Balaban J connectivity index is 1.44. The molecule has 0 radical (unpaired) electrons. The molecule has 3 aromatic carbocycles. The summed E-state index contributed by atoms with van der Waals surface area (Å²) < 4.78 is 0. The van der Waals surface area contributed by atoms with Gasteiger partial charge in [-0.05, 0) is 138 Å². The molecule has 198 valence electrons. The maximum atomic E-state index is 2.66. The molecule has 0 amide bonds. The summed E-state index contributed by atoms with van der Waals surface area (Å²) in [5, 5.41) is 1.81. The molecular weight excluding hydrogens is 475 g/mol. The molecule has 0 spiro atoms. The van der Waals surface area contributed by atoms with Gasteiger partial charge in [0, 0.05) is 12.1 Å². The van der Waals surface area contributed by atoms with Crippen molar-refractivity contribution in [3.8, 4) is 0 Å². The van der Waals surface area contributed by atoms with Crippen molar-refractivity contribution in [1.29, 1.82) is 0 Å². The number of rotatable bonds is 7. The second-order valence-corrected chi connectivity index (χ2v) is 16.7. The van der Waals surface area contributed by atoms with Crippen LogP contribution in [0.15, 0.2) is 84.9 Å². The molecule has 3 fully saturated rings. The topological polar surface area (TPSA) is 0 Å². The Morgan fingerprint density at radius 2 is 0.737 bits per heavy atom. The summed E-state index contributed by atoms with van der Waals surface area (Å²) in [5.74, 6) is 1.37. The molecule has 0 aliphatic heterocycles. The van der Waals surface area contributed by atoms with E-state index in [0.717, 1.165) is 17.0 Å². The molecule has 0 atom stereocenters. The van der Waals surface area contributed by atoms with E-state index < -0.39 is 7.26 Å². The summed E-state index contributed by atoms with van der Waals surface area (Å²) in [6, 6.07) is 32.5. The van der Waals surface area contributed by atoms with Gasteiger partial charge in [-0.3, -0.25) is 0 Å². The third-order valence-corrected chi connectivity index (χ3v) is 16.6. The van der Waals surface area contributed by atoms with Gasteiger partial charge in [-0.1, -0.05) is 31.4 Å². The molecule has 3 aliphatic carbocycles. The Morgan fingerprint density at radius 3 is 1.11 bits per heavy atom. The minimum absolute atomic E-state index is 0.986. The molecule has 0 nitrogen and oxygen atoms in total. The van der Waals surface area contributed by atoms with Crippen molar-refractivity contribution in [3.63, 3.8) is 0 Å². The SMILES string of the molecule is c1ccc([C+](c2ccccc2)c2ccc([P+](C3CCCCC3)(C3CCCCC3)C3CCCCC3)cc2)cc1. The smallest absolute Gasteiger partial charge is 0.0530 e. The Kier molecular flexibility index (Phi) is 8.57. The molecule has 1 heteroatoms. The van der Waals surface area contributed by atoms with Crippen LogP contribution < -0.4 is 5.30 Å². The highest BCUT2D eigenvalue weighted by Crippen LogP contribution is 2.76. The summed E-state index contributed by atoms with van der Waals surface area (Å²) in [6.07, 6.45) is 22.3. The van der Waals surface area contributed by atoms with E-state index in [4.69, 9.17) is 0 Å². The number of hydrogen-bond acceptors (Lipinski definition) is 0. The quantitative estimate of drug-likeness (QED) is 0.164. The molecule has 3 aliphatic rings. The number of benzene rings is 3. The van der Waals surface area contributed by atoms with E-state index in [1.807, 2.05) is 5.30 Å². The van der Waals surface area contributed by atoms with Crippen molar-refractivity contribution in [2.75, 3.05) is 0 Å². The summed E-state index contributed by atoms with van der Waals surface area (Å²) in [7, 11) is -1.28. The Morgan fingerprint density at radius 1 is 0.395 bits per heavy atom. The average Bonchev–Trinajstić information content (AvgIpc) is 3.01. The lowest BCUT2D eigenvalue weighted by Crippen LogP contribution is -2.41. The van der Waals surface area contributed by atoms with Crippen LogP contribution in [0.5, 0.6) is 0 Å². The second kappa shape index (κ2) is 12.4. The van der Waals surface area contributed by atoms with Crippen molar-refractivity contribution in [3.05, 3.63) is 108 Å². The van der Waals surface area contributed by atoms with Gasteiger partial charge in [0.25, 0.3) is 0 Å². The van der Waals surface area contributed by atoms with Gasteiger partial charge in [0.1, 0.15) is 5.30 Å². The molecule has 0 unspecified atom stereocenters. The van der Waals surface area contributed by atoms with E-state index in [1.165, 1.54) is 119 Å². The van der Waals surface area contributed by atoms with Crippen molar-refractivity contribution in [2.24, 2.45) is 0 Å². The van der Waals surface area contributed by atoms with Gasteiger partial charge in [0.2, 0.25) is 0 Å². The van der Waals surface area contributed by atoms with Crippen molar-refractivity contribution >= 4 is 12.6 Å². The van der Waals surface area contributed by atoms with Crippen LogP contribution in [0.3, 0.4) is 0 Å². The van der Waals surface area contributed by atoms with Crippen LogP contribution in [0.2, 0.25) is 0 Å². The van der Waals surface area contributed by atoms with E-state index in [9.17, 15) is 0 Å². The third-order valence-electron chi connectivity index (χ3n) is 10.3. The Bertz CT molecular complexity index is 1020. The fourth-order valence-electron chi connectivity index (χ4n) is 8.65. The standard InChI is InChI=1S/C37H47P/c1-6-16-30(17-7-1)37(31-18-8-2-9-19-31)32-26-28-36(29-27-32)38(33-20-10-3-11-21-33,34-22-12-4-13-23-34)35-24-14-5-15-25-35/h1-2,6-9,16-19,26-29,33-35H,3-5,10-15,20-25H2/q+2. The molecule has 3 aromatic rings. The maximum absolute atomic E-state index is 2.66. The van der Waals surface area contributed by atoms with Gasteiger partial charge in [-0.2, -0.15) is 0 Å². The normalized spacial score (nSPS) is 20.3. The van der Waals surface area contributed by atoms with Crippen molar-refractivity contribution in [1.82, 2.24) is 0 Å². The lowest BCUT2D eigenvalue weighted by Gasteiger charge is -2.48. The van der Waals surface area contributed by atoms with Gasteiger partial charge in [0.15, 0.2) is 0 Å². The van der Waals surface area contributed by atoms with Crippen LogP contribution in [0.1, 0.15) is 113 Å². The van der Waals surface area contributed by atoms with Crippen LogP contribution >= 0.6 is 7.26 Å². The predicted octanol–water partition coefficient (Wildman–Crippen LogP) is 10.3. The molecular formula is C37H47P+2. The second-order valence-electron chi connectivity index (χ2n) is 12.4. The van der Waals surface area contributed by atoms with Crippen LogP contribution in [0.4, 0.5) is 0 Å². The van der Waals surface area contributed by atoms with Gasteiger partial charge in [-0.15, -0.1) is 0 Å². The van der Waals surface area contributed by atoms with E-state index in [-0.39, 0.29) is 0 Å². The van der Waals surface area contributed by atoms with Gasteiger partial charge >= 0.3 is 0 Å². The molecule has 6 rings (SSSR count). The van der Waals surface area contributed by atoms with E-state index in [1.54, 1.807) is 0 Å². The summed E-state index contributed by atoms with van der Waals surface area (Å²) in [5.41, 5.74) is 6.97. The zero-order chi connectivity index (χ0) is 25.6. The minimum atomic E-state index is -1.28. The largest absolute Gasteiger partial charge is 0.106 e. The first-order valence-electron chi connectivity index (χ1n) is 15.8. The van der Waals surface area contributed by atoms with Crippen molar-refractivity contribution in [2.45, 2.75) is 113 Å². The monoisotopic (exact) mass is 522 g/mol. The first-order valence-corrected chi connectivity index (χ1v) is 17.8. The third kappa shape index (κ3) is 5.23. The van der Waals surface area contributed by atoms with Crippen LogP contribution in [0.25, 0.3) is 0 Å². The Labute approximate surface area is 233 Å². The summed E-state index contributed by atoms with van der Waals surface area (Å²) >= 11 is 0. The highest BCUT2D eigenvalue weighted by molar-refractivity contribution is 7.84. The minimum Gasteiger partial charge on any atom is -0.0530 e. The summed E-state index contributed by atoms with van der Waals surface area (Å²) in [4.78, 5) is 0. The van der Waals surface area contributed by atoms with E-state index in [2.05, 4.69) is 84.9 Å². The summed E-state index contributed by atoms with van der Waals surface area (Å²) in [6.45, 7) is 0. The lowest BCUT2D eigenvalue weighted by atomic mass is 9.85. The Hall–Kier alpha value is -2.04. The van der Waals surface area contributed by atoms with Crippen molar-refractivity contribution < 1.29 is 0 Å². The molecule has 0 saturated heterocycles. The first kappa shape index (κ1) is 26.2. The highest BCUT2D eigenvalue weighted by Gasteiger charge is 2.58. The average molecular weight is 523 g/mol. The van der Waals surface area contributed by atoms with Gasteiger partial charge < -0.3 is 0 Å². The van der Waals surface area contributed by atoms with Crippen LogP contribution in [-0.2, 0) is 0 Å². The first-order chi connectivity index (χ1) is 18.9. The van der Waals surface area contributed by atoms with Crippen LogP contribution in [-0.4, -0.2) is 17.0 Å². The maximum Gasteiger partial charge on any atom is 0.106 e. The highest BCUT2D eigenvalue weighted by atomic mass is 31.2. The molecule has 0 N–H and O–H groups in total. The fourth-order valence-corrected chi connectivity index (χ4v) is 16.0.